The molecule has 0 atom stereocenters. The minimum absolute atomic E-state index is 0.133. The molecule has 2 N–H and O–H groups in total. The van der Waals surface area contributed by atoms with Crippen molar-refractivity contribution in [1.82, 2.24) is 9.97 Å². The SMILES string of the molecule is Cc1ccc(/C(O)=C\c2nc3ccccc3nc2NC23CC4CC(CC(C4)C2)C3)cc1. The first-order chi connectivity index (χ1) is 15.1. The Kier molecular flexibility index (Phi) is 4.31. The molecule has 3 aromatic rings. The van der Waals surface area contributed by atoms with Crippen LogP contribution in [0.1, 0.15) is 55.3 Å². The highest BCUT2D eigenvalue weighted by Crippen LogP contribution is 2.56. The average molecular weight is 412 g/mol. The van der Waals surface area contributed by atoms with Crippen molar-refractivity contribution in [3.63, 3.8) is 0 Å². The summed E-state index contributed by atoms with van der Waals surface area (Å²) in [5.74, 6) is 3.59. The van der Waals surface area contributed by atoms with Gasteiger partial charge in [0, 0.05) is 17.2 Å². The van der Waals surface area contributed by atoms with Crippen LogP contribution in [-0.4, -0.2) is 20.6 Å². The van der Waals surface area contributed by atoms with E-state index < -0.39 is 0 Å². The van der Waals surface area contributed by atoms with Crippen LogP contribution in [-0.2, 0) is 0 Å². The Morgan fingerprint density at radius 3 is 2.10 bits per heavy atom. The molecule has 4 saturated carbocycles. The Balaban J connectivity index is 1.41. The number of aromatic nitrogens is 2. The van der Waals surface area contributed by atoms with Gasteiger partial charge in [0.2, 0.25) is 0 Å². The zero-order valence-corrected chi connectivity index (χ0v) is 18.0. The van der Waals surface area contributed by atoms with E-state index >= 15 is 0 Å². The predicted molar refractivity (Wildman–Crippen MR) is 126 cm³/mol. The van der Waals surface area contributed by atoms with Gasteiger partial charge in [-0.05, 0) is 75.3 Å². The number of hydrogen-bond donors (Lipinski definition) is 2. The smallest absolute Gasteiger partial charge is 0.153 e. The molecule has 0 amide bonds. The molecule has 158 valence electrons. The van der Waals surface area contributed by atoms with Crippen molar-refractivity contribution in [2.75, 3.05) is 5.32 Å². The van der Waals surface area contributed by atoms with Gasteiger partial charge >= 0.3 is 0 Å². The number of rotatable bonds is 4. The second kappa shape index (κ2) is 7.08. The maximum absolute atomic E-state index is 10.9. The molecular weight excluding hydrogens is 382 g/mol. The molecule has 1 aromatic heterocycles. The number of nitrogens with zero attached hydrogens (tertiary/aromatic N) is 2. The van der Waals surface area contributed by atoms with Crippen LogP contribution in [0.5, 0.6) is 0 Å². The van der Waals surface area contributed by atoms with Crippen LogP contribution < -0.4 is 5.32 Å². The predicted octanol–water partition coefficient (Wildman–Crippen LogP) is 6.38. The molecule has 7 rings (SSSR count). The van der Waals surface area contributed by atoms with Crippen LogP contribution in [0, 0.1) is 24.7 Å². The van der Waals surface area contributed by atoms with E-state index in [-0.39, 0.29) is 11.3 Å². The van der Waals surface area contributed by atoms with Gasteiger partial charge in [0.15, 0.2) is 5.82 Å². The van der Waals surface area contributed by atoms with Crippen molar-refractivity contribution in [2.45, 2.75) is 51.0 Å². The molecule has 4 nitrogen and oxygen atoms in total. The Labute approximate surface area is 183 Å². The van der Waals surface area contributed by atoms with Gasteiger partial charge in [0.1, 0.15) is 11.5 Å². The summed E-state index contributed by atoms with van der Waals surface area (Å²) in [6, 6.07) is 15.9. The molecule has 4 heteroatoms. The highest BCUT2D eigenvalue weighted by molar-refractivity contribution is 5.84. The Bertz CT molecular complexity index is 1130. The molecule has 4 fully saturated rings. The number of hydrogen-bond acceptors (Lipinski definition) is 4. The van der Waals surface area contributed by atoms with Crippen molar-refractivity contribution in [1.29, 1.82) is 0 Å². The van der Waals surface area contributed by atoms with E-state index in [9.17, 15) is 5.11 Å². The summed E-state index contributed by atoms with van der Waals surface area (Å²) >= 11 is 0. The lowest BCUT2D eigenvalue weighted by molar-refractivity contribution is 0.0105. The number of aliphatic hydroxyl groups is 1. The third-order valence-corrected chi connectivity index (χ3v) is 7.64. The zero-order chi connectivity index (χ0) is 21.0. The molecule has 4 aliphatic rings. The van der Waals surface area contributed by atoms with Crippen LogP contribution in [0.15, 0.2) is 48.5 Å². The molecule has 0 spiro atoms. The largest absolute Gasteiger partial charge is 0.507 e. The lowest BCUT2D eigenvalue weighted by Crippen LogP contribution is -2.55. The molecule has 1 heterocycles. The molecular formula is C27H29N3O. The van der Waals surface area contributed by atoms with Crippen LogP contribution >= 0.6 is 0 Å². The fraction of sp³-hybridized carbons (Fsp3) is 0.407. The molecule has 4 aliphatic carbocycles. The Hall–Kier alpha value is -2.88. The molecule has 2 aromatic carbocycles. The summed E-state index contributed by atoms with van der Waals surface area (Å²) in [7, 11) is 0. The quantitative estimate of drug-likeness (QED) is 0.489. The third-order valence-electron chi connectivity index (χ3n) is 7.64. The van der Waals surface area contributed by atoms with Gasteiger partial charge in [-0.15, -0.1) is 0 Å². The van der Waals surface area contributed by atoms with Crippen LogP contribution in [0.2, 0.25) is 0 Å². The van der Waals surface area contributed by atoms with Crippen molar-refractivity contribution >= 4 is 28.7 Å². The van der Waals surface area contributed by atoms with E-state index in [0.717, 1.165) is 40.2 Å². The maximum atomic E-state index is 10.9. The van der Waals surface area contributed by atoms with Crippen molar-refractivity contribution < 1.29 is 5.11 Å². The minimum atomic E-state index is 0.133. The zero-order valence-electron chi connectivity index (χ0n) is 18.0. The summed E-state index contributed by atoms with van der Waals surface area (Å²) < 4.78 is 0. The molecule has 0 saturated heterocycles. The van der Waals surface area contributed by atoms with Gasteiger partial charge in [0.05, 0.1) is 11.0 Å². The van der Waals surface area contributed by atoms with Gasteiger partial charge in [-0.3, -0.25) is 0 Å². The summed E-state index contributed by atoms with van der Waals surface area (Å²) in [5, 5.41) is 14.7. The highest BCUT2D eigenvalue weighted by Gasteiger charge is 2.51. The van der Waals surface area contributed by atoms with E-state index in [1.165, 1.54) is 44.1 Å². The number of aliphatic hydroxyl groups excluding tert-OH is 1. The maximum Gasteiger partial charge on any atom is 0.153 e. The molecule has 0 radical (unpaired) electrons. The Morgan fingerprint density at radius 2 is 1.48 bits per heavy atom. The van der Waals surface area contributed by atoms with Crippen molar-refractivity contribution in [3.8, 4) is 0 Å². The molecule has 4 bridgehead atoms. The monoisotopic (exact) mass is 411 g/mol. The summed E-state index contributed by atoms with van der Waals surface area (Å²) in [5.41, 5.74) is 4.55. The standard InChI is InChI=1S/C27H29N3O/c1-17-6-8-21(9-7-17)25(31)13-24-26(29-23-5-3-2-4-22(23)28-24)30-27-14-18-10-19(15-27)12-20(11-18)16-27/h2-9,13,18-20,31H,10-12,14-16H2,1H3,(H,29,30)/b25-13+. The fourth-order valence-electron chi connectivity index (χ4n) is 6.66. The van der Waals surface area contributed by atoms with Gasteiger partial charge < -0.3 is 10.4 Å². The second-order valence-corrected chi connectivity index (χ2v) is 10.2. The number of benzene rings is 2. The van der Waals surface area contributed by atoms with E-state index in [4.69, 9.17) is 9.97 Å². The summed E-state index contributed by atoms with van der Waals surface area (Å²) in [6.07, 6.45) is 9.71. The van der Waals surface area contributed by atoms with E-state index in [1.54, 1.807) is 6.08 Å². The lowest BCUT2D eigenvalue weighted by Gasteiger charge is -2.57. The van der Waals surface area contributed by atoms with E-state index in [1.807, 2.05) is 55.5 Å². The first-order valence-electron chi connectivity index (χ1n) is 11.6. The third kappa shape index (κ3) is 3.48. The number of aryl methyl sites for hydroxylation is 1. The normalized spacial score (nSPS) is 29.5. The number of para-hydroxylation sites is 2. The first-order valence-corrected chi connectivity index (χ1v) is 11.6. The minimum Gasteiger partial charge on any atom is -0.507 e. The van der Waals surface area contributed by atoms with Crippen LogP contribution in [0.25, 0.3) is 22.9 Å². The number of fused-ring (bicyclic) bond motifs is 1. The van der Waals surface area contributed by atoms with Crippen LogP contribution in [0.4, 0.5) is 5.82 Å². The second-order valence-electron chi connectivity index (χ2n) is 10.2. The van der Waals surface area contributed by atoms with Gasteiger partial charge in [-0.2, -0.15) is 0 Å². The summed E-state index contributed by atoms with van der Waals surface area (Å²) in [4.78, 5) is 9.88. The number of nitrogens with one attached hydrogen (secondary N) is 1. The van der Waals surface area contributed by atoms with Gasteiger partial charge in [-0.25, -0.2) is 9.97 Å². The fourth-order valence-corrected chi connectivity index (χ4v) is 6.66. The van der Waals surface area contributed by atoms with E-state index in [0.29, 0.717) is 5.69 Å². The highest BCUT2D eigenvalue weighted by atomic mass is 16.3. The lowest BCUT2D eigenvalue weighted by atomic mass is 9.53. The van der Waals surface area contributed by atoms with Crippen molar-refractivity contribution in [2.24, 2.45) is 17.8 Å². The molecule has 31 heavy (non-hydrogen) atoms. The van der Waals surface area contributed by atoms with Crippen LogP contribution in [0.3, 0.4) is 0 Å². The Morgan fingerprint density at radius 1 is 0.903 bits per heavy atom. The average Bonchev–Trinajstić information content (AvgIpc) is 2.73. The number of anilines is 1. The topological polar surface area (TPSA) is 58.0 Å². The van der Waals surface area contributed by atoms with E-state index in [2.05, 4.69) is 5.32 Å². The molecule has 0 aliphatic heterocycles. The van der Waals surface area contributed by atoms with Gasteiger partial charge in [0.25, 0.3) is 0 Å². The first kappa shape index (κ1) is 18.9. The van der Waals surface area contributed by atoms with Gasteiger partial charge in [-0.1, -0.05) is 42.0 Å². The molecule has 0 unspecified atom stereocenters. The van der Waals surface area contributed by atoms with Crippen molar-refractivity contribution in [3.05, 3.63) is 65.4 Å². The summed E-state index contributed by atoms with van der Waals surface area (Å²) in [6.45, 7) is 2.05.